The third kappa shape index (κ3) is 3.66. The van der Waals surface area contributed by atoms with Gasteiger partial charge in [0.2, 0.25) is 0 Å². The molecule has 32 heavy (non-hydrogen) atoms. The summed E-state index contributed by atoms with van der Waals surface area (Å²) in [5, 5.41) is 6.90. The van der Waals surface area contributed by atoms with Crippen LogP contribution in [0.4, 0.5) is 18.0 Å². The molecule has 1 aromatic heterocycles. The second-order valence-electron chi connectivity index (χ2n) is 9.20. The molecule has 2 amide bonds. The SMILES string of the molecule is CO[C@@H](C)[C@]12C[C@@H](C)C[C@H](C1)N2C(=O)NC1=CC(c2ncn(C)n2)=C(C(F)(F)F)CN1C. The summed E-state index contributed by atoms with van der Waals surface area (Å²) in [6.07, 6.45) is 0.579. The minimum absolute atomic E-state index is 0.0289. The molecule has 1 saturated heterocycles. The molecule has 0 aromatic carbocycles. The van der Waals surface area contributed by atoms with Gasteiger partial charge < -0.3 is 14.5 Å². The quantitative estimate of drug-likeness (QED) is 0.757. The lowest BCUT2D eigenvalue weighted by Crippen LogP contribution is -2.77. The molecular weight excluding hydrogens is 425 g/mol. The van der Waals surface area contributed by atoms with E-state index in [0.29, 0.717) is 5.92 Å². The molecule has 1 aromatic rings. The lowest BCUT2D eigenvalue weighted by molar-refractivity contribution is -0.157. The molecule has 1 N–H and O–H groups in total. The number of methoxy groups -OCH3 is 1. The van der Waals surface area contributed by atoms with Crippen molar-refractivity contribution in [3.05, 3.63) is 29.6 Å². The first-order valence-corrected chi connectivity index (χ1v) is 10.7. The van der Waals surface area contributed by atoms with E-state index in [9.17, 15) is 18.0 Å². The predicted octanol–water partition coefficient (Wildman–Crippen LogP) is 2.91. The number of urea groups is 1. The number of halogens is 3. The van der Waals surface area contributed by atoms with Gasteiger partial charge >= 0.3 is 12.2 Å². The normalized spacial score (nSPS) is 28.9. The number of nitrogens with zero attached hydrogens (tertiary/aromatic N) is 5. The van der Waals surface area contributed by atoms with Gasteiger partial charge in [-0.15, -0.1) is 0 Å². The summed E-state index contributed by atoms with van der Waals surface area (Å²) < 4.78 is 48.1. The fourth-order valence-electron chi connectivity index (χ4n) is 5.43. The van der Waals surface area contributed by atoms with Crippen LogP contribution in [0.2, 0.25) is 0 Å². The smallest absolute Gasteiger partial charge is 0.379 e. The molecule has 2 aliphatic heterocycles. The molecule has 0 spiro atoms. The molecular formula is C21H29F3N6O2. The zero-order valence-corrected chi connectivity index (χ0v) is 18.9. The third-order valence-corrected chi connectivity index (χ3v) is 6.97. The van der Waals surface area contributed by atoms with Gasteiger partial charge in [-0.3, -0.25) is 10.00 Å². The number of allylic oxidation sites excluding steroid dienone is 2. The first kappa shape index (κ1) is 22.6. The molecule has 11 heteroatoms. The molecule has 4 atom stereocenters. The fourth-order valence-corrected chi connectivity index (χ4v) is 5.43. The van der Waals surface area contributed by atoms with E-state index < -0.39 is 23.8 Å². The van der Waals surface area contributed by atoms with Crippen LogP contribution in [-0.4, -0.2) is 75.2 Å². The zero-order chi connectivity index (χ0) is 23.4. The van der Waals surface area contributed by atoms with Crippen molar-refractivity contribution in [3.8, 4) is 0 Å². The monoisotopic (exact) mass is 454 g/mol. The highest BCUT2D eigenvalue weighted by molar-refractivity contribution is 5.81. The number of aromatic nitrogens is 3. The van der Waals surface area contributed by atoms with Crippen molar-refractivity contribution in [2.24, 2.45) is 13.0 Å². The van der Waals surface area contributed by atoms with Crippen LogP contribution < -0.4 is 5.32 Å². The number of piperidine rings is 1. The van der Waals surface area contributed by atoms with Gasteiger partial charge in [0.25, 0.3) is 0 Å². The summed E-state index contributed by atoms with van der Waals surface area (Å²) >= 11 is 0. The average Bonchev–Trinajstić information content (AvgIpc) is 3.13. The van der Waals surface area contributed by atoms with E-state index >= 15 is 0 Å². The number of carbonyl (C=O) groups is 1. The van der Waals surface area contributed by atoms with Crippen LogP contribution in [0, 0.1) is 5.92 Å². The van der Waals surface area contributed by atoms with Gasteiger partial charge in [-0.2, -0.15) is 18.3 Å². The predicted molar refractivity (Wildman–Crippen MR) is 111 cm³/mol. The Labute approximate surface area is 185 Å². The van der Waals surface area contributed by atoms with Crippen molar-refractivity contribution < 1.29 is 22.7 Å². The number of alkyl halides is 3. The van der Waals surface area contributed by atoms with Gasteiger partial charge in [-0.05, 0) is 38.2 Å². The number of amides is 2. The average molecular weight is 454 g/mol. The Balaban J connectivity index is 1.64. The third-order valence-electron chi connectivity index (χ3n) is 6.97. The van der Waals surface area contributed by atoms with E-state index in [2.05, 4.69) is 22.3 Å². The van der Waals surface area contributed by atoms with E-state index in [1.165, 1.54) is 29.0 Å². The number of hydrogen-bond donors (Lipinski definition) is 1. The van der Waals surface area contributed by atoms with Crippen LogP contribution >= 0.6 is 0 Å². The molecule has 1 aliphatic carbocycles. The van der Waals surface area contributed by atoms with E-state index in [0.717, 1.165) is 19.3 Å². The highest BCUT2D eigenvalue weighted by Gasteiger charge is 2.61. The summed E-state index contributed by atoms with van der Waals surface area (Å²) in [5.41, 5.74) is -1.28. The lowest BCUT2D eigenvalue weighted by atomic mass is 9.62. The van der Waals surface area contributed by atoms with Crippen LogP contribution in [0.1, 0.15) is 38.9 Å². The number of ether oxygens (including phenoxy) is 1. The molecule has 2 bridgehead atoms. The van der Waals surface area contributed by atoms with E-state index in [-0.39, 0.29) is 35.4 Å². The maximum Gasteiger partial charge on any atom is 0.415 e. The van der Waals surface area contributed by atoms with Gasteiger partial charge in [0.15, 0.2) is 5.82 Å². The second kappa shape index (κ2) is 7.79. The van der Waals surface area contributed by atoms with E-state index in [1.807, 2.05) is 11.8 Å². The van der Waals surface area contributed by atoms with Crippen molar-refractivity contribution in [1.82, 2.24) is 29.9 Å². The van der Waals surface area contributed by atoms with Crippen LogP contribution in [0.15, 0.2) is 23.8 Å². The Kier molecular flexibility index (Phi) is 5.51. The summed E-state index contributed by atoms with van der Waals surface area (Å²) in [4.78, 5) is 20.5. The van der Waals surface area contributed by atoms with Gasteiger partial charge in [0.05, 0.1) is 17.2 Å². The Morgan fingerprint density at radius 2 is 2.06 bits per heavy atom. The van der Waals surface area contributed by atoms with Gasteiger partial charge in [-0.25, -0.2) is 9.78 Å². The Morgan fingerprint density at radius 1 is 1.34 bits per heavy atom. The molecule has 0 radical (unpaired) electrons. The maximum absolute atomic E-state index is 13.7. The molecule has 2 fully saturated rings. The number of rotatable bonds is 4. The molecule has 8 nitrogen and oxygen atoms in total. The Bertz CT molecular complexity index is 971. The van der Waals surface area contributed by atoms with Crippen molar-refractivity contribution in [1.29, 1.82) is 0 Å². The standard InChI is InChI=1S/C21H29F3N6O2/c1-12-6-14-9-20(8-12,13(2)32-5)30(14)19(31)26-17-7-15(18-25-11-29(4)27-18)16(10-28(17)3)21(22,23)24/h7,11-14H,6,8-10H2,1-5H3,(H,26,31)/t12-,13-,14+,20-/m0/s1. The fraction of sp³-hybridized carbons (Fsp3) is 0.667. The van der Waals surface area contributed by atoms with Gasteiger partial charge in [0, 0.05) is 39.4 Å². The lowest BCUT2D eigenvalue weighted by Gasteiger charge is -2.65. The highest BCUT2D eigenvalue weighted by atomic mass is 19.4. The maximum atomic E-state index is 13.7. The van der Waals surface area contributed by atoms with Gasteiger partial charge in [0.1, 0.15) is 12.1 Å². The van der Waals surface area contributed by atoms with Crippen LogP contribution in [0.5, 0.6) is 0 Å². The largest absolute Gasteiger partial charge is 0.415 e. The van der Waals surface area contributed by atoms with Crippen LogP contribution in [0.25, 0.3) is 5.57 Å². The number of likely N-dealkylation sites (N-methyl/N-ethyl adjacent to an activating group) is 1. The first-order valence-electron chi connectivity index (χ1n) is 10.7. The summed E-state index contributed by atoms with van der Waals surface area (Å²) in [6.45, 7) is 3.72. The number of fused-ring (bicyclic) bond motifs is 2. The van der Waals surface area contributed by atoms with Crippen molar-refractivity contribution in [3.63, 3.8) is 0 Å². The second-order valence-corrected chi connectivity index (χ2v) is 9.20. The number of likely N-dealkylation sites (tertiary alicyclic amines) is 1. The minimum atomic E-state index is -4.54. The van der Waals surface area contributed by atoms with Crippen LogP contribution in [-0.2, 0) is 11.8 Å². The highest BCUT2D eigenvalue weighted by Crippen LogP contribution is 2.52. The molecule has 1 saturated carbocycles. The summed E-state index contributed by atoms with van der Waals surface area (Å²) in [7, 11) is 4.74. The minimum Gasteiger partial charge on any atom is -0.379 e. The number of aryl methyl sites for hydroxylation is 1. The van der Waals surface area contributed by atoms with Crippen molar-refractivity contribution in [2.45, 2.75) is 57.0 Å². The number of nitrogens with one attached hydrogen (secondary N) is 1. The number of hydrogen-bond acceptors (Lipinski definition) is 5. The Hall–Kier alpha value is -2.56. The van der Waals surface area contributed by atoms with E-state index in [1.54, 1.807) is 14.2 Å². The van der Waals surface area contributed by atoms with E-state index in [4.69, 9.17) is 4.74 Å². The molecule has 3 aliphatic rings. The Morgan fingerprint density at radius 3 is 2.66 bits per heavy atom. The molecule has 4 rings (SSSR count). The zero-order valence-electron chi connectivity index (χ0n) is 18.9. The molecule has 3 heterocycles. The molecule has 176 valence electrons. The van der Waals surface area contributed by atoms with Crippen molar-refractivity contribution >= 4 is 11.6 Å². The summed E-state index contributed by atoms with van der Waals surface area (Å²) in [5.74, 6) is 0.730. The topological polar surface area (TPSA) is 75.5 Å². The molecule has 0 unspecified atom stereocenters. The summed E-state index contributed by atoms with van der Waals surface area (Å²) in [6, 6.07) is -0.219. The number of carbonyl (C=O) groups excluding carboxylic acids is 1. The van der Waals surface area contributed by atoms with Crippen LogP contribution in [0.3, 0.4) is 0 Å². The van der Waals surface area contributed by atoms with Gasteiger partial charge in [-0.1, -0.05) is 6.92 Å². The van der Waals surface area contributed by atoms with Crippen molar-refractivity contribution in [2.75, 3.05) is 20.7 Å². The first-order chi connectivity index (χ1) is 15.0.